The number of esters is 2. The Balaban J connectivity index is 1.83. The van der Waals surface area contributed by atoms with Gasteiger partial charge in [-0.15, -0.1) is 0 Å². The van der Waals surface area contributed by atoms with Crippen LogP contribution >= 0.6 is 0 Å². The predicted molar refractivity (Wildman–Crippen MR) is 94.4 cm³/mol. The molecule has 0 saturated heterocycles. The average molecular weight is 341 g/mol. The second-order valence-electron chi connectivity index (χ2n) is 6.13. The van der Waals surface area contributed by atoms with E-state index < -0.39 is 11.9 Å². The number of ether oxygens (including phenoxy) is 2. The Morgan fingerprint density at radius 3 is 2.20 bits per heavy atom. The highest BCUT2D eigenvalue weighted by Gasteiger charge is 2.14. The predicted octanol–water partition coefficient (Wildman–Crippen LogP) is 3.68. The third-order valence-electron chi connectivity index (χ3n) is 3.40. The van der Waals surface area contributed by atoms with Crippen LogP contribution in [-0.4, -0.2) is 30.1 Å². The van der Waals surface area contributed by atoms with Gasteiger partial charge in [0.05, 0.1) is 13.2 Å². The first-order chi connectivity index (χ1) is 12.1. The Kier molecular flexibility index (Phi) is 7.14. The molecular weight excluding hydrogens is 318 g/mol. The molecule has 0 aliphatic rings. The van der Waals surface area contributed by atoms with Crippen molar-refractivity contribution in [2.75, 3.05) is 13.2 Å². The van der Waals surface area contributed by atoms with Crippen LogP contribution < -0.4 is 0 Å². The minimum absolute atomic E-state index is 0.110. The van der Waals surface area contributed by atoms with Gasteiger partial charge in [0.1, 0.15) is 11.4 Å². The molecule has 0 saturated carbocycles. The number of carbonyl (C=O) groups excluding carboxylic acids is 2. The molecule has 0 bridgehead atoms. The molecule has 0 amide bonds. The molecule has 2 aromatic rings. The van der Waals surface area contributed by atoms with Crippen molar-refractivity contribution in [3.8, 4) is 0 Å². The number of hydrogen-bond donors (Lipinski definition) is 0. The summed E-state index contributed by atoms with van der Waals surface area (Å²) in [4.78, 5) is 28.0. The first kappa shape index (κ1) is 18.6. The van der Waals surface area contributed by atoms with Gasteiger partial charge in [-0.3, -0.25) is 0 Å². The van der Waals surface area contributed by atoms with Crippen molar-refractivity contribution in [3.05, 3.63) is 65.5 Å². The minimum Gasteiger partial charge on any atom is -0.461 e. The van der Waals surface area contributed by atoms with E-state index in [0.717, 1.165) is 12.8 Å². The first-order valence-corrected chi connectivity index (χ1v) is 8.41. The monoisotopic (exact) mass is 341 g/mol. The summed E-state index contributed by atoms with van der Waals surface area (Å²) in [6.07, 6.45) is 1.56. The van der Waals surface area contributed by atoms with Crippen LogP contribution in [0.25, 0.3) is 0 Å². The Morgan fingerprint density at radius 1 is 0.920 bits per heavy atom. The third-order valence-corrected chi connectivity index (χ3v) is 3.40. The smallest absolute Gasteiger partial charge is 0.356 e. The molecular formula is C20H23NO4. The van der Waals surface area contributed by atoms with Gasteiger partial charge in [0.2, 0.25) is 0 Å². The number of aryl methyl sites for hydroxylation is 1. The lowest BCUT2D eigenvalue weighted by Gasteiger charge is -2.08. The Morgan fingerprint density at radius 2 is 1.56 bits per heavy atom. The van der Waals surface area contributed by atoms with E-state index in [1.807, 2.05) is 44.2 Å². The van der Waals surface area contributed by atoms with Gasteiger partial charge in [0.15, 0.2) is 0 Å². The van der Waals surface area contributed by atoms with Crippen molar-refractivity contribution < 1.29 is 19.1 Å². The summed E-state index contributed by atoms with van der Waals surface area (Å²) in [5.41, 5.74) is 1.42. The fraction of sp³-hybridized carbons (Fsp3) is 0.350. The quantitative estimate of drug-likeness (QED) is 0.541. The van der Waals surface area contributed by atoms with Crippen LogP contribution in [0.1, 0.15) is 46.8 Å². The van der Waals surface area contributed by atoms with Gasteiger partial charge in [-0.05, 0) is 36.5 Å². The number of carbonyl (C=O) groups is 2. The molecule has 5 heteroatoms. The fourth-order valence-corrected chi connectivity index (χ4v) is 2.14. The molecule has 0 aliphatic carbocycles. The van der Waals surface area contributed by atoms with E-state index in [4.69, 9.17) is 9.47 Å². The van der Waals surface area contributed by atoms with Gasteiger partial charge in [0.25, 0.3) is 0 Å². The molecule has 0 fully saturated rings. The molecule has 0 N–H and O–H groups in total. The highest BCUT2D eigenvalue weighted by molar-refractivity contribution is 5.91. The number of hydrogen-bond acceptors (Lipinski definition) is 5. The van der Waals surface area contributed by atoms with Crippen molar-refractivity contribution in [1.82, 2.24) is 4.98 Å². The number of rotatable bonds is 8. The summed E-state index contributed by atoms with van der Waals surface area (Å²) in [7, 11) is 0. The van der Waals surface area contributed by atoms with E-state index in [1.165, 1.54) is 17.7 Å². The lowest BCUT2D eigenvalue weighted by Crippen LogP contribution is -2.15. The molecule has 1 aromatic carbocycles. The van der Waals surface area contributed by atoms with E-state index in [2.05, 4.69) is 4.98 Å². The van der Waals surface area contributed by atoms with Crippen LogP contribution in [-0.2, 0) is 15.9 Å². The van der Waals surface area contributed by atoms with Gasteiger partial charge in [-0.1, -0.05) is 50.2 Å². The molecule has 1 aromatic heterocycles. The van der Waals surface area contributed by atoms with Crippen molar-refractivity contribution in [2.24, 2.45) is 5.92 Å². The van der Waals surface area contributed by atoms with Gasteiger partial charge in [0, 0.05) is 0 Å². The highest BCUT2D eigenvalue weighted by atomic mass is 16.5. The van der Waals surface area contributed by atoms with Gasteiger partial charge >= 0.3 is 11.9 Å². The maximum absolute atomic E-state index is 12.1. The second kappa shape index (κ2) is 9.57. The Hall–Kier alpha value is -2.69. The maximum atomic E-state index is 12.1. The zero-order valence-corrected chi connectivity index (χ0v) is 14.6. The summed E-state index contributed by atoms with van der Waals surface area (Å²) in [5, 5.41) is 0. The van der Waals surface area contributed by atoms with Crippen molar-refractivity contribution in [1.29, 1.82) is 0 Å². The number of aromatic nitrogens is 1. The van der Waals surface area contributed by atoms with E-state index in [1.54, 1.807) is 6.07 Å². The summed E-state index contributed by atoms with van der Waals surface area (Å²) in [6, 6.07) is 14.6. The van der Waals surface area contributed by atoms with Gasteiger partial charge in [-0.25, -0.2) is 14.6 Å². The van der Waals surface area contributed by atoms with Crippen molar-refractivity contribution in [3.63, 3.8) is 0 Å². The lowest BCUT2D eigenvalue weighted by molar-refractivity contribution is 0.0450. The zero-order chi connectivity index (χ0) is 18.1. The average Bonchev–Trinajstić information content (AvgIpc) is 2.64. The van der Waals surface area contributed by atoms with Gasteiger partial charge < -0.3 is 9.47 Å². The lowest BCUT2D eigenvalue weighted by atomic mass is 10.1. The fourth-order valence-electron chi connectivity index (χ4n) is 2.14. The molecule has 0 aliphatic heterocycles. The molecule has 25 heavy (non-hydrogen) atoms. The van der Waals surface area contributed by atoms with Crippen LogP contribution in [0, 0.1) is 5.92 Å². The molecule has 0 spiro atoms. The highest BCUT2D eigenvalue weighted by Crippen LogP contribution is 2.06. The Labute approximate surface area is 148 Å². The standard InChI is InChI=1S/C20H23NO4/c1-15(2)14-25-20(23)18-12-6-11-17(21-18)19(22)24-13-7-10-16-8-4-3-5-9-16/h3-6,8-9,11-12,15H,7,10,13-14H2,1-2H3. The number of benzene rings is 1. The van der Waals surface area contributed by atoms with Crippen LogP contribution in [0.5, 0.6) is 0 Å². The molecule has 0 unspecified atom stereocenters. The van der Waals surface area contributed by atoms with E-state index >= 15 is 0 Å². The molecule has 0 atom stereocenters. The molecule has 2 rings (SSSR count). The van der Waals surface area contributed by atoms with Crippen LogP contribution in [0.3, 0.4) is 0 Å². The van der Waals surface area contributed by atoms with Crippen molar-refractivity contribution >= 4 is 11.9 Å². The van der Waals surface area contributed by atoms with Crippen LogP contribution in [0.4, 0.5) is 0 Å². The molecule has 1 heterocycles. The van der Waals surface area contributed by atoms with Crippen LogP contribution in [0.2, 0.25) is 0 Å². The Bertz CT molecular complexity index is 698. The first-order valence-electron chi connectivity index (χ1n) is 8.41. The molecule has 0 radical (unpaired) electrons. The van der Waals surface area contributed by atoms with Crippen LogP contribution in [0.15, 0.2) is 48.5 Å². The molecule has 5 nitrogen and oxygen atoms in total. The van der Waals surface area contributed by atoms with Gasteiger partial charge in [-0.2, -0.15) is 0 Å². The number of nitrogens with zero attached hydrogens (tertiary/aromatic N) is 1. The normalized spacial score (nSPS) is 10.5. The summed E-state index contributed by atoms with van der Waals surface area (Å²) < 4.78 is 10.3. The van der Waals surface area contributed by atoms with Crippen molar-refractivity contribution in [2.45, 2.75) is 26.7 Å². The minimum atomic E-state index is -0.536. The molecule has 132 valence electrons. The SMILES string of the molecule is CC(C)COC(=O)c1cccc(C(=O)OCCCc2ccccc2)n1. The van der Waals surface area contributed by atoms with E-state index in [0.29, 0.717) is 13.2 Å². The largest absolute Gasteiger partial charge is 0.461 e. The van der Waals surface area contributed by atoms with E-state index in [9.17, 15) is 9.59 Å². The summed E-state index contributed by atoms with van der Waals surface area (Å²) >= 11 is 0. The number of pyridine rings is 1. The summed E-state index contributed by atoms with van der Waals surface area (Å²) in [5.74, 6) is -0.833. The van der Waals surface area contributed by atoms with E-state index in [-0.39, 0.29) is 17.3 Å². The topological polar surface area (TPSA) is 65.5 Å². The summed E-state index contributed by atoms with van der Waals surface area (Å²) in [6.45, 7) is 4.51. The second-order valence-corrected chi connectivity index (χ2v) is 6.13. The zero-order valence-electron chi connectivity index (χ0n) is 14.6. The third kappa shape index (κ3) is 6.37. The maximum Gasteiger partial charge on any atom is 0.356 e.